The largest absolute Gasteiger partial charge is 0.463 e. The van der Waals surface area contributed by atoms with Gasteiger partial charge in [-0.3, -0.25) is 19.2 Å². The number of ether oxygens (including phenoxy) is 4. The lowest BCUT2D eigenvalue weighted by atomic mass is 9.96. The van der Waals surface area contributed by atoms with Crippen LogP contribution in [-0.4, -0.2) is 66.2 Å². The molecule has 10 nitrogen and oxygen atoms in total. The molecule has 0 saturated carbocycles. The third-order valence-electron chi connectivity index (χ3n) is 3.05. The van der Waals surface area contributed by atoms with Crippen LogP contribution in [-0.2, 0) is 38.1 Å². The van der Waals surface area contributed by atoms with Gasteiger partial charge in [-0.05, 0) is 0 Å². The molecule has 2 N–H and O–H groups in total. The molecule has 1 aliphatic rings. The maximum Gasteiger partial charge on any atom is 0.303 e. The molecular formula is C14H21NO9. The van der Waals surface area contributed by atoms with Crippen molar-refractivity contribution in [1.82, 2.24) is 5.32 Å². The van der Waals surface area contributed by atoms with Crippen LogP contribution < -0.4 is 5.32 Å². The number of carbonyl (C=O) groups excluding carboxylic acids is 4. The lowest BCUT2D eigenvalue weighted by molar-refractivity contribution is -0.264. The van der Waals surface area contributed by atoms with Crippen LogP contribution >= 0.6 is 0 Å². The van der Waals surface area contributed by atoms with Gasteiger partial charge in [0.2, 0.25) is 5.91 Å². The van der Waals surface area contributed by atoms with E-state index >= 15 is 0 Å². The van der Waals surface area contributed by atoms with Crippen LogP contribution in [0.5, 0.6) is 0 Å². The Morgan fingerprint density at radius 2 is 1.67 bits per heavy atom. The highest BCUT2D eigenvalue weighted by molar-refractivity contribution is 5.73. The number of nitrogens with one attached hydrogen (secondary N) is 1. The third-order valence-corrected chi connectivity index (χ3v) is 3.05. The van der Waals surface area contributed by atoms with Crippen molar-refractivity contribution in [2.45, 2.75) is 58.3 Å². The van der Waals surface area contributed by atoms with Gasteiger partial charge in [-0.2, -0.15) is 0 Å². The first-order valence-corrected chi connectivity index (χ1v) is 7.05. The quantitative estimate of drug-likeness (QED) is 0.455. The van der Waals surface area contributed by atoms with Crippen LogP contribution in [0.25, 0.3) is 0 Å². The zero-order valence-electron chi connectivity index (χ0n) is 14.5. The number of aliphatic hydroxyl groups is 1. The number of rotatable bonds is 5. The molecule has 1 unspecified atom stereocenters. The molecule has 0 aliphatic carbocycles. The molecule has 1 aliphatic heterocycles. The first-order chi connectivity index (χ1) is 11.6. The van der Waals surface area contributed by atoms with Gasteiger partial charge in [0.25, 0.3) is 0 Å². The second-order valence-electron chi connectivity index (χ2n) is 5.11. The second-order valence-corrected chi connectivity index (χ2v) is 5.11. The Morgan fingerprint density at radius 1 is 1.08 bits per heavy atom. The van der Waals surface area contributed by atoms with Gasteiger partial charge < -0.3 is 29.4 Å². The number of esters is 3. The van der Waals surface area contributed by atoms with Crippen LogP contribution in [0, 0.1) is 0 Å². The number of amides is 1. The van der Waals surface area contributed by atoms with Gasteiger partial charge in [0, 0.05) is 29.0 Å². The van der Waals surface area contributed by atoms with Crippen LogP contribution in [0.4, 0.5) is 0 Å². The van der Waals surface area contributed by atoms with E-state index in [1.807, 2.05) is 0 Å². The van der Waals surface area contributed by atoms with Gasteiger partial charge in [0.1, 0.15) is 18.8 Å². The smallest absolute Gasteiger partial charge is 0.303 e. The predicted octanol–water partition coefficient (Wildman–Crippen LogP) is -1.37. The van der Waals surface area contributed by atoms with Gasteiger partial charge in [-0.15, -0.1) is 0 Å². The molecule has 5 atom stereocenters. The van der Waals surface area contributed by atoms with Crippen molar-refractivity contribution in [3.63, 3.8) is 0 Å². The van der Waals surface area contributed by atoms with Crippen LogP contribution in [0.15, 0.2) is 0 Å². The van der Waals surface area contributed by atoms with E-state index in [2.05, 4.69) is 5.32 Å². The molecule has 24 heavy (non-hydrogen) atoms. The highest BCUT2D eigenvalue weighted by Gasteiger charge is 2.50. The highest BCUT2D eigenvalue weighted by atomic mass is 16.7. The normalized spacial score (nSPS) is 29.8. The van der Waals surface area contributed by atoms with Crippen molar-refractivity contribution < 1.29 is 44.6 Å². The SMILES string of the molecule is [2H]CC(=O)N[C@H]1C(O)O[C@H](COC(C)=O)[C@@H](OC(C)=O)[C@@H]1OC(C)=O. The van der Waals surface area contributed by atoms with Gasteiger partial charge in [-0.1, -0.05) is 0 Å². The molecule has 1 rings (SSSR count). The zero-order valence-corrected chi connectivity index (χ0v) is 13.5. The Labute approximate surface area is 139 Å². The van der Waals surface area contributed by atoms with E-state index in [1.165, 1.54) is 0 Å². The van der Waals surface area contributed by atoms with E-state index in [1.54, 1.807) is 0 Å². The fourth-order valence-electron chi connectivity index (χ4n) is 2.26. The van der Waals surface area contributed by atoms with Gasteiger partial charge in [0.15, 0.2) is 18.5 Å². The van der Waals surface area contributed by atoms with Crippen LogP contribution in [0.1, 0.15) is 29.0 Å². The summed E-state index contributed by atoms with van der Waals surface area (Å²) in [6.07, 6.45) is -5.33. The molecule has 10 heteroatoms. The second kappa shape index (κ2) is 8.60. The minimum Gasteiger partial charge on any atom is -0.463 e. The Kier molecular flexibility index (Phi) is 6.50. The average Bonchev–Trinajstić information content (AvgIpc) is 2.50. The fraction of sp³-hybridized carbons (Fsp3) is 0.714. The molecule has 0 spiro atoms. The maximum atomic E-state index is 11.5. The van der Waals surface area contributed by atoms with Crippen LogP contribution in [0.2, 0.25) is 0 Å². The molecule has 1 heterocycles. The highest BCUT2D eigenvalue weighted by Crippen LogP contribution is 2.26. The zero-order chi connectivity index (χ0) is 19.1. The molecule has 1 fully saturated rings. The lowest BCUT2D eigenvalue weighted by Gasteiger charge is -2.43. The van der Waals surface area contributed by atoms with Crippen molar-refractivity contribution in [3.05, 3.63) is 0 Å². The number of aliphatic hydroxyl groups excluding tert-OH is 1. The van der Waals surface area contributed by atoms with E-state index in [0.717, 1.165) is 20.8 Å². The molecule has 0 aromatic carbocycles. The van der Waals surface area contributed by atoms with E-state index in [0.29, 0.717) is 0 Å². The van der Waals surface area contributed by atoms with Crippen molar-refractivity contribution in [3.8, 4) is 0 Å². The molecule has 1 amide bonds. The summed E-state index contributed by atoms with van der Waals surface area (Å²) in [5.74, 6) is -2.88. The van der Waals surface area contributed by atoms with E-state index < -0.39 is 61.4 Å². The summed E-state index contributed by atoms with van der Waals surface area (Å²) in [6, 6.07) is -1.28. The molecule has 0 radical (unpaired) electrons. The van der Waals surface area contributed by atoms with E-state index in [-0.39, 0.29) is 6.61 Å². The van der Waals surface area contributed by atoms with Crippen molar-refractivity contribution in [1.29, 1.82) is 0 Å². The molecule has 1 saturated heterocycles. The Morgan fingerprint density at radius 3 is 2.17 bits per heavy atom. The molecule has 0 aromatic rings. The fourth-order valence-corrected chi connectivity index (χ4v) is 2.26. The Hall–Kier alpha value is -2.20. The summed E-state index contributed by atoms with van der Waals surface area (Å²) < 4.78 is 27.3. The van der Waals surface area contributed by atoms with E-state index in [4.69, 9.17) is 20.3 Å². The van der Waals surface area contributed by atoms with Crippen LogP contribution in [0.3, 0.4) is 0 Å². The van der Waals surface area contributed by atoms with E-state index in [9.17, 15) is 24.3 Å². The summed E-state index contributed by atoms with van der Waals surface area (Å²) in [7, 11) is 0. The topological polar surface area (TPSA) is 137 Å². The molecule has 0 bridgehead atoms. The predicted molar refractivity (Wildman–Crippen MR) is 76.2 cm³/mol. The summed E-state index contributed by atoms with van der Waals surface area (Å²) in [4.78, 5) is 45.3. The minimum atomic E-state index is -1.65. The lowest BCUT2D eigenvalue weighted by Crippen LogP contribution is -2.66. The molecule has 0 aromatic heterocycles. The Bertz CT molecular complexity index is 526. The van der Waals surface area contributed by atoms with Gasteiger partial charge in [0.05, 0.1) is 0 Å². The summed E-state index contributed by atoms with van der Waals surface area (Å²) in [5.41, 5.74) is 0. The van der Waals surface area contributed by atoms with Crippen molar-refractivity contribution in [2.75, 3.05) is 6.61 Å². The minimum absolute atomic E-state index is 0.374. The first-order valence-electron chi connectivity index (χ1n) is 7.76. The molecular weight excluding hydrogens is 326 g/mol. The third kappa shape index (κ3) is 5.78. The van der Waals surface area contributed by atoms with Gasteiger partial charge >= 0.3 is 17.9 Å². The Balaban J connectivity index is 3.12. The first kappa shape index (κ1) is 18.1. The maximum absolute atomic E-state index is 11.5. The van der Waals surface area contributed by atoms with Gasteiger partial charge in [-0.25, -0.2) is 0 Å². The monoisotopic (exact) mass is 348 g/mol. The van der Waals surface area contributed by atoms with Crippen molar-refractivity contribution in [2.24, 2.45) is 0 Å². The average molecular weight is 348 g/mol. The number of hydrogen-bond acceptors (Lipinski definition) is 9. The standard InChI is InChI=1S/C14H21NO9/c1-6(16)15-11-13(23-9(4)19)12(22-8(3)18)10(24-14(11)20)5-21-7(2)17/h10-14,20H,5H2,1-4H3,(H,15,16)/t10-,11-,12-,13-,14?/m1/s1/i1D. The summed E-state index contributed by atoms with van der Waals surface area (Å²) in [6.45, 7) is 2.35. The molecule has 136 valence electrons. The van der Waals surface area contributed by atoms with Crippen molar-refractivity contribution >= 4 is 23.8 Å². The number of hydrogen-bond donors (Lipinski definition) is 2. The summed E-state index contributed by atoms with van der Waals surface area (Å²) in [5, 5.41) is 12.4. The summed E-state index contributed by atoms with van der Waals surface area (Å²) >= 11 is 0. The number of carbonyl (C=O) groups is 4.